The molecule has 3 aromatic rings. The highest BCUT2D eigenvalue weighted by Gasteiger charge is 2.10. The van der Waals surface area contributed by atoms with Crippen LogP contribution in [0.4, 0.5) is 0 Å². The van der Waals surface area contributed by atoms with Gasteiger partial charge >= 0.3 is 5.97 Å². The molecule has 0 aliphatic rings. The van der Waals surface area contributed by atoms with E-state index in [4.69, 9.17) is 9.84 Å². The molecule has 0 unspecified atom stereocenters. The Hall–Kier alpha value is -2.66. The molecule has 0 atom stereocenters. The summed E-state index contributed by atoms with van der Waals surface area (Å²) >= 11 is 1.31. The summed E-state index contributed by atoms with van der Waals surface area (Å²) in [5, 5.41) is 11.1. The standard InChI is InChI=1S/C18H15NO3S/c1-2-12-3-7-14(8-4-12)22-15-9-5-13(6-10-15)17-19-16(11-23-17)18(20)21/h3-11H,2H2,1H3,(H,20,21). The molecule has 0 amide bonds. The zero-order valence-electron chi connectivity index (χ0n) is 12.5. The molecule has 1 heterocycles. The van der Waals surface area contributed by atoms with Gasteiger partial charge in [-0.15, -0.1) is 11.3 Å². The van der Waals surface area contributed by atoms with E-state index in [1.807, 2.05) is 48.5 Å². The van der Waals surface area contributed by atoms with Crippen LogP contribution in [0.5, 0.6) is 11.5 Å². The number of aromatic nitrogens is 1. The average molecular weight is 325 g/mol. The number of hydrogen-bond acceptors (Lipinski definition) is 4. The second-order valence-corrected chi connectivity index (χ2v) is 5.83. The Kier molecular flexibility index (Phi) is 4.39. The highest BCUT2D eigenvalue weighted by molar-refractivity contribution is 7.13. The number of thiazole rings is 1. The van der Waals surface area contributed by atoms with E-state index in [1.54, 1.807) is 0 Å². The lowest BCUT2D eigenvalue weighted by molar-refractivity contribution is 0.0691. The third-order valence-corrected chi connectivity index (χ3v) is 4.28. The van der Waals surface area contributed by atoms with Crippen LogP contribution in [0.25, 0.3) is 10.6 Å². The molecule has 0 saturated carbocycles. The predicted molar refractivity (Wildman–Crippen MR) is 90.4 cm³/mol. The van der Waals surface area contributed by atoms with E-state index in [0.29, 0.717) is 5.01 Å². The van der Waals surface area contributed by atoms with Crippen LogP contribution in [-0.2, 0) is 6.42 Å². The Morgan fingerprint density at radius 1 is 1.09 bits per heavy atom. The molecule has 0 aliphatic carbocycles. The van der Waals surface area contributed by atoms with Crippen molar-refractivity contribution in [3.8, 4) is 22.1 Å². The van der Waals surface area contributed by atoms with Crippen molar-refractivity contribution >= 4 is 17.3 Å². The Balaban J connectivity index is 1.74. The van der Waals surface area contributed by atoms with E-state index in [2.05, 4.69) is 11.9 Å². The molecule has 0 fully saturated rings. The number of aryl methyl sites for hydroxylation is 1. The predicted octanol–water partition coefficient (Wildman–Crippen LogP) is 4.86. The number of aromatic carboxylic acids is 1. The van der Waals surface area contributed by atoms with Gasteiger partial charge < -0.3 is 9.84 Å². The molecule has 116 valence electrons. The fourth-order valence-corrected chi connectivity index (χ4v) is 2.90. The molecule has 0 bridgehead atoms. The topological polar surface area (TPSA) is 59.4 Å². The van der Waals surface area contributed by atoms with E-state index in [0.717, 1.165) is 23.5 Å². The van der Waals surface area contributed by atoms with Crippen LogP contribution in [0.3, 0.4) is 0 Å². The number of carboxylic acids is 1. The van der Waals surface area contributed by atoms with Crippen LogP contribution in [0.2, 0.25) is 0 Å². The van der Waals surface area contributed by atoms with Crippen LogP contribution in [-0.4, -0.2) is 16.1 Å². The van der Waals surface area contributed by atoms with Crippen LogP contribution in [0.15, 0.2) is 53.9 Å². The Morgan fingerprint density at radius 3 is 2.22 bits per heavy atom. The van der Waals surface area contributed by atoms with Crippen LogP contribution < -0.4 is 4.74 Å². The molecule has 0 radical (unpaired) electrons. The summed E-state index contributed by atoms with van der Waals surface area (Å²) in [7, 11) is 0. The summed E-state index contributed by atoms with van der Waals surface area (Å²) in [5.74, 6) is 0.508. The minimum Gasteiger partial charge on any atom is -0.476 e. The summed E-state index contributed by atoms with van der Waals surface area (Å²) in [5.41, 5.74) is 2.21. The smallest absolute Gasteiger partial charge is 0.355 e. The van der Waals surface area contributed by atoms with Gasteiger partial charge in [-0.25, -0.2) is 9.78 Å². The maximum Gasteiger partial charge on any atom is 0.355 e. The highest BCUT2D eigenvalue weighted by atomic mass is 32.1. The molecule has 5 heteroatoms. The molecule has 0 aliphatic heterocycles. The molecule has 23 heavy (non-hydrogen) atoms. The zero-order valence-corrected chi connectivity index (χ0v) is 13.3. The highest BCUT2D eigenvalue weighted by Crippen LogP contribution is 2.28. The van der Waals surface area contributed by atoms with Gasteiger partial charge in [0.2, 0.25) is 0 Å². The number of carbonyl (C=O) groups is 1. The van der Waals surface area contributed by atoms with Crippen LogP contribution >= 0.6 is 11.3 Å². The van der Waals surface area contributed by atoms with E-state index in [9.17, 15) is 4.79 Å². The number of hydrogen-bond donors (Lipinski definition) is 1. The lowest BCUT2D eigenvalue weighted by Crippen LogP contribution is -1.95. The van der Waals surface area contributed by atoms with Gasteiger partial charge in [0, 0.05) is 10.9 Å². The second kappa shape index (κ2) is 6.62. The first-order chi connectivity index (χ1) is 11.2. The number of rotatable bonds is 5. The minimum atomic E-state index is -1.01. The quantitative estimate of drug-likeness (QED) is 0.727. The Bertz CT molecular complexity index is 807. The molecule has 0 spiro atoms. The minimum absolute atomic E-state index is 0.0707. The number of ether oxygens (including phenoxy) is 1. The van der Waals surface area contributed by atoms with E-state index >= 15 is 0 Å². The van der Waals surface area contributed by atoms with Gasteiger partial charge in [-0.2, -0.15) is 0 Å². The third-order valence-electron chi connectivity index (χ3n) is 3.39. The first-order valence-corrected chi connectivity index (χ1v) is 8.09. The largest absolute Gasteiger partial charge is 0.476 e. The van der Waals surface area contributed by atoms with Crippen molar-refractivity contribution in [1.82, 2.24) is 4.98 Å². The zero-order chi connectivity index (χ0) is 16.2. The van der Waals surface area contributed by atoms with Crippen molar-refractivity contribution in [1.29, 1.82) is 0 Å². The number of carboxylic acid groups (broad SMARTS) is 1. The van der Waals surface area contributed by atoms with E-state index in [-0.39, 0.29) is 5.69 Å². The fraction of sp³-hybridized carbons (Fsp3) is 0.111. The van der Waals surface area contributed by atoms with Gasteiger partial charge in [0.1, 0.15) is 16.5 Å². The molecular formula is C18H15NO3S. The molecule has 3 rings (SSSR count). The number of benzene rings is 2. The molecule has 0 saturated heterocycles. The average Bonchev–Trinajstić information content (AvgIpc) is 3.07. The first-order valence-electron chi connectivity index (χ1n) is 7.22. The molecular weight excluding hydrogens is 310 g/mol. The third kappa shape index (κ3) is 3.57. The Labute approximate surface area is 138 Å². The van der Waals surface area contributed by atoms with Gasteiger partial charge in [0.05, 0.1) is 0 Å². The van der Waals surface area contributed by atoms with Crippen molar-refractivity contribution < 1.29 is 14.6 Å². The van der Waals surface area contributed by atoms with Gasteiger partial charge in [-0.05, 0) is 48.4 Å². The lowest BCUT2D eigenvalue weighted by atomic mass is 10.2. The van der Waals surface area contributed by atoms with Crippen LogP contribution in [0, 0.1) is 0 Å². The van der Waals surface area contributed by atoms with Crippen molar-refractivity contribution in [2.75, 3.05) is 0 Å². The summed E-state index contributed by atoms with van der Waals surface area (Å²) in [6.07, 6.45) is 1.00. The summed E-state index contributed by atoms with van der Waals surface area (Å²) < 4.78 is 5.80. The lowest BCUT2D eigenvalue weighted by Gasteiger charge is -2.07. The van der Waals surface area contributed by atoms with Crippen molar-refractivity contribution in [2.24, 2.45) is 0 Å². The maximum atomic E-state index is 10.9. The first kappa shape index (κ1) is 15.2. The summed E-state index contributed by atoms with van der Waals surface area (Å²) in [6.45, 7) is 2.11. The molecule has 1 N–H and O–H groups in total. The van der Waals surface area contributed by atoms with Gasteiger partial charge in [-0.3, -0.25) is 0 Å². The van der Waals surface area contributed by atoms with E-state index in [1.165, 1.54) is 22.3 Å². The molecule has 2 aromatic carbocycles. The Morgan fingerprint density at radius 2 is 1.70 bits per heavy atom. The molecule has 1 aromatic heterocycles. The normalized spacial score (nSPS) is 10.5. The van der Waals surface area contributed by atoms with Crippen LogP contribution in [0.1, 0.15) is 23.0 Å². The van der Waals surface area contributed by atoms with Crippen molar-refractivity contribution in [3.05, 3.63) is 65.2 Å². The van der Waals surface area contributed by atoms with Gasteiger partial charge in [0.25, 0.3) is 0 Å². The van der Waals surface area contributed by atoms with Gasteiger partial charge in [-0.1, -0.05) is 19.1 Å². The van der Waals surface area contributed by atoms with Crippen molar-refractivity contribution in [3.63, 3.8) is 0 Å². The maximum absolute atomic E-state index is 10.9. The van der Waals surface area contributed by atoms with E-state index < -0.39 is 5.97 Å². The monoisotopic (exact) mass is 325 g/mol. The summed E-state index contributed by atoms with van der Waals surface area (Å²) in [4.78, 5) is 15.0. The van der Waals surface area contributed by atoms with Gasteiger partial charge in [0.15, 0.2) is 5.69 Å². The fourth-order valence-electron chi connectivity index (χ4n) is 2.10. The second-order valence-electron chi connectivity index (χ2n) is 4.97. The summed E-state index contributed by atoms with van der Waals surface area (Å²) in [6, 6.07) is 15.5. The van der Waals surface area contributed by atoms with Crippen molar-refractivity contribution in [2.45, 2.75) is 13.3 Å². The number of nitrogens with zero attached hydrogens (tertiary/aromatic N) is 1. The molecule has 4 nitrogen and oxygen atoms in total. The SMILES string of the molecule is CCc1ccc(Oc2ccc(-c3nc(C(=O)O)cs3)cc2)cc1.